The summed E-state index contributed by atoms with van der Waals surface area (Å²) in [5.41, 5.74) is 7.09. The van der Waals surface area contributed by atoms with E-state index in [9.17, 15) is 4.79 Å². The van der Waals surface area contributed by atoms with Crippen molar-refractivity contribution in [3.05, 3.63) is 34.3 Å². The van der Waals surface area contributed by atoms with Crippen molar-refractivity contribution in [3.8, 4) is 11.5 Å². The average Bonchev–Trinajstić information content (AvgIpc) is 3.35. The van der Waals surface area contributed by atoms with Gasteiger partial charge in [0.2, 0.25) is 0 Å². The van der Waals surface area contributed by atoms with E-state index in [-0.39, 0.29) is 5.91 Å². The lowest BCUT2D eigenvalue weighted by Gasteiger charge is -2.20. The molecule has 1 fully saturated rings. The van der Waals surface area contributed by atoms with E-state index in [1.807, 2.05) is 18.2 Å². The number of carbonyl (C=O) groups is 1. The van der Waals surface area contributed by atoms with E-state index < -0.39 is 0 Å². The van der Waals surface area contributed by atoms with Gasteiger partial charge < -0.3 is 25.4 Å². The van der Waals surface area contributed by atoms with E-state index >= 15 is 0 Å². The first-order chi connectivity index (χ1) is 13.1. The third-order valence-electron chi connectivity index (χ3n) is 4.68. The van der Waals surface area contributed by atoms with Gasteiger partial charge in [-0.05, 0) is 18.9 Å². The lowest BCUT2D eigenvalue weighted by Crippen LogP contribution is -2.31. The van der Waals surface area contributed by atoms with Crippen LogP contribution in [0, 0.1) is 5.92 Å². The zero-order valence-electron chi connectivity index (χ0n) is 15.7. The second kappa shape index (κ2) is 9.05. The number of ether oxygens (including phenoxy) is 2. The van der Waals surface area contributed by atoms with E-state index in [4.69, 9.17) is 15.2 Å². The summed E-state index contributed by atoms with van der Waals surface area (Å²) < 4.78 is 10.7. The first kappa shape index (κ1) is 19.4. The maximum absolute atomic E-state index is 12.3. The number of amides is 1. The Morgan fingerprint density at radius 3 is 2.74 bits per heavy atom. The molecular weight excluding hydrogens is 364 g/mol. The number of nitrogens with two attached hydrogens (primary N) is 1. The summed E-state index contributed by atoms with van der Waals surface area (Å²) in [5.74, 6) is 1.83. The zero-order valence-corrected chi connectivity index (χ0v) is 16.6. The van der Waals surface area contributed by atoms with Gasteiger partial charge in [-0.3, -0.25) is 4.79 Å². The fourth-order valence-electron chi connectivity index (χ4n) is 3.19. The molecule has 0 bridgehead atoms. The predicted octanol–water partition coefficient (Wildman–Crippen LogP) is 1.92. The van der Waals surface area contributed by atoms with E-state index in [2.05, 4.69) is 15.2 Å². The number of anilines is 1. The molecule has 1 aromatic heterocycles. The normalized spacial score (nSPS) is 16.4. The van der Waals surface area contributed by atoms with Crippen LogP contribution in [0.4, 0.5) is 5.69 Å². The van der Waals surface area contributed by atoms with Gasteiger partial charge >= 0.3 is 0 Å². The Morgan fingerprint density at radius 1 is 1.33 bits per heavy atom. The van der Waals surface area contributed by atoms with Crippen molar-refractivity contribution in [2.24, 2.45) is 11.7 Å². The van der Waals surface area contributed by atoms with Gasteiger partial charge in [0.05, 0.1) is 19.2 Å². The van der Waals surface area contributed by atoms with Crippen LogP contribution in [0.1, 0.15) is 21.9 Å². The number of benzene rings is 1. The van der Waals surface area contributed by atoms with Crippen LogP contribution in [0.2, 0.25) is 0 Å². The number of thiazole rings is 1. The fourth-order valence-corrected chi connectivity index (χ4v) is 3.98. The number of aromatic nitrogens is 1. The standard InChI is InChI=1S/C19H26N4O3S/c1-25-15-7-14(8-16(9-15)26-2)23-6-4-13(11-23)10-21-19(24)17-12-27-18(22-17)3-5-20/h7-9,12-13H,3-6,10-11,20H2,1-2H3,(H,21,24). The Hall–Kier alpha value is -2.32. The van der Waals surface area contributed by atoms with Gasteiger partial charge in [-0.25, -0.2) is 4.98 Å². The molecule has 3 rings (SSSR count). The molecule has 0 spiro atoms. The summed E-state index contributed by atoms with van der Waals surface area (Å²) in [5, 5.41) is 5.71. The molecule has 1 aromatic carbocycles. The number of hydrogen-bond acceptors (Lipinski definition) is 7. The van der Waals surface area contributed by atoms with E-state index in [0.717, 1.165) is 41.7 Å². The van der Waals surface area contributed by atoms with Gasteiger partial charge in [-0.2, -0.15) is 0 Å². The lowest BCUT2D eigenvalue weighted by molar-refractivity contribution is 0.0944. The molecular formula is C19H26N4O3S. The van der Waals surface area contributed by atoms with Crippen molar-refractivity contribution in [1.29, 1.82) is 0 Å². The molecule has 1 saturated heterocycles. The van der Waals surface area contributed by atoms with Crippen LogP contribution < -0.4 is 25.4 Å². The van der Waals surface area contributed by atoms with Crippen LogP contribution >= 0.6 is 11.3 Å². The fraction of sp³-hybridized carbons (Fsp3) is 0.474. The second-order valence-corrected chi connectivity index (χ2v) is 7.49. The Labute approximate surface area is 163 Å². The highest BCUT2D eigenvalue weighted by Gasteiger charge is 2.24. The number of hydrogen-bond donors (Lipinski definition) is 2. The third-order valence-corrected chi connectivity index (χ3v) is 5.59. The van der Waals surface area contributed by atoms with E-state index in [1.165, 1.54) is 11.3 Å². The number of nitrogens with one attached hydrogen (secondary N) is 1. The minimum atomic E-state index is -0.115. The first-order valence-electron chi connectivity index (χ1n) is 9.03. The van der Waals surface area contributed by atoms with Crippen LogP contribution in [0.25, 0.3) is 0 Å². The summed E-state index contributed by atoms with van der Waals surface area (Å²) in [7, 11) is 3.30. The maximum atomic E-state index is 12.3. The van der Waals surface area contributed by atoms with Gasteiger partial charge in [0.15, 0.2) is 0 Å². The molecule has 0 radical (unpaired) electrons. The van der Waals surface area contributed by atoms with E-state index in [0.29, 0.717) is 31.1 Å². The molecule has 146 valence electrons. The van der Waals surface area contributed by atoms with Crippen molar-refractivity contribution in [1.82, 2.24) is 10.3 Å². The molecule has 1 unspecified atom stereocenters. The molecule has 27 heavy (non-hydrogen) atoms. The largest absolute Gasteiger partial charge is 0.497 e. The molecule has 3 N–H and O–H groups in total. The van der Waals surface area contributed by atoms with Crippen molar-refractivity contribution in [2.75, 3.05) is 45.3 Å². The lowest BCUT2D eigenvalue weighted by atomic mass is 10.1. The van der Waals surface area contributed by atoms with Crippen LogP contribution in [-0.4, -0.2) is 51.3 Å². The summed E-state index contributed by atoms with van der Waals surface area (Å²) in [6, 6.07) is 5.89. The van der Waals surface area contributed by atoms with Crippen molar-refractivity contribution in [3.63, 3.8) is 0 Å². The Morgan fingerprint density at radius 2 is 2.07 bits per heavy atom. The highest BCUT2D eigenvalue weighted by atomic mass is 32.1. The van der Waals surface area contributed by atoms with Gasteiger partial charge in [0.25, 0.3) is 5.91 Å². The molecule has 1 aliphatic rings. The van der Waals surface area contributed by atoms with Crippen LogP contribution in [0.3, 0.4) is 0 Å². The van der Waals surface area contributed by atoms with Gasteiger partial charge in [-0.1, -0.05) is 0 Å². The smallest absolute Gasteiger partial charge is 0.270 e. The summed E-state index contributed by atoms with van der Waals surface area (Å²) in [6.07, 6.45) is 1.73. The molecule has 0 aliphatic carbocycles. The molecule has 8 heteroatoms. The van der Waals surface area contributed by atoms with Crippen molar-refractivity contribution >= 4 is 22.9 Å². The maximum Gasteiger partial charge on any atom is 0.270 e. The van der Waals surface area contributed by atoms with Crippen molar-refractivity contribution < 1.29 is 14.3 Å². The number of methoxy groups -OCH3 is 2. The van der Waals surface area contributed by atoms with Crippen LogP contribution in [0.5, 0.6) is 11.5 Å². The van der Waals surface area contributed by atoms with Gasteiger partial charge in [0.1, 0.15) is 17.2 Å². The molecule has 2 heterocycles. The molecule has 2 aromatic rings. The Bertz CT molecular complexity index is 758. The zero-order chi connectivity index (χ0) is 19.2. The van der Waals surface area contributed by atoms with E-state index in [1.54, 1.807) is 19.6 Å². The summed E-state index contributed by atoms with van der Waals surface area (Å²) in [6.45, 7) is 3.00. The second-order valence-electron chi connectivity index (χ2n) is 6.55. The molecule has 0 saturated carbocycles. The minimum Gasteiger partial charge on any atom is -0.497 e. The average molecular weight is 391 g/mol. The highest BCUT2D eigenvalue weighted by molar-refractivity contribution is 7.09. The number of nitrogens with zero attached hydrogens (tertiary/aromatic N) is 2. The topological polar surface area (TPSA) is 89.7 Å². The molecule has 1 atom stereocenters. The monoisotopic (exact) mass is 390 g/mol. The minimum absolute atomic E-state index is 0.115. The number of carbonyl (C=O) groups excluding carboxylic acids is 1. The molecule has 7 nitrogen and oxygen atoms in total. The third kappa shape index (κ3) is 4.90. The SMILES string of the molecule is COc1cc(OC)cc(N2CCC(CNC(=O)c3csc(CCN)n3)C2)c1. The summed E-state index contributed by atoms with van der Waals surface area (Å²) >= 11 is 1.48. The molecule has 1 amide bonds. The van der Waals surface area contributed by atoms with Gasteiger partial charge in [0, 0.05) is 55.3 Å². The highest BCUT2D eigenvalue weighted by Crippen LogP contribution is 2.31. The summed E-state index contributed by atoms with van der Waals surface area (Å²) in [4.78, 5) is 18.9. The Balaban J connectivity index is 1.54. The molecule has 1 aliphatic heterocycles. The van der Waals surface area contributed by atoms with Crippen molar-refractivity contribution in [2.45, 2.75) is 12.8 Å². The van der Waals surface area contributed by atoms with Crippen LogP contribution in [0.15, 0.2) is 23.6 Å². The predicted molar refractivity (Wildman–Crippen MR) is 107 cm³/mol. The Kier molecular flexibility index (Phi) is 6.52. The number of rotatable bonds is 8. The van der Waals surface area contributed by atoms with Gasteiger partial charge in [-0.15, -0.1) is 11.3 Å². The van der Waals surface area contributed by atoms with Crippen LogP contribution in [-0.2, 0) is 6.42 Å². The first-order valence-corrected chi connectivity index (χ1v) is 9.91. The quantitative estimate of drug-likeness (QED) is 0.716.